The minimum absolute atomic E-state index is 0.174. The maximum Gasteiger partial charge on any atom is 0.336 e. The van der Waals surface area contributed by atoms with Gasteiger partial charge >= 0.3 is 5.63 Å². The lowest BCUT2D eigenvalue weighted by atomic mass is 9.96. The molecule has 0 spiro atoms. The van der Waals surface area contributed by atoms with Gasteiger partial charge in [-0.1, -0.05) is 40.2 Å². The zero-order valence-electron chi connectivity index (χ0n) is 18.0. The minimum atomic E-state index is -0.453. The van der Waals surface area contributed by atoms with Crippen LogP contribution in [0.15, 0.2) is 84.8 Å². The average molecular weight is 503 g/mol. The van der Waals surface area contributed by atoms with Gasteiger partial charge in [0.1, 0.15) is 16.9 Å². The Balaban J connectivity index is 1.85. The maximum atomic E-state index is 13.7. The summed E-state index contributed by atoms with van der Waals surface area (Å²) >= 11 is 3.51. The Morgan fingerprint density at radius 2 is 1.82 bits per heavy atom. The van der Waals surface area contributed by atoms with Gasteiger partial charge in [0.05, 0.1) is 12.0 Å². The number of ether oxygens (including phenoxy) is 1. The Hall–Kier alpha value is -3.64. The van der Waals surface area contributed by atoms with Crippen molar-refractivity contribution in [1.29, 1.82) is 0 Å². The third-order valence-corrected chi connectivity index (χ3v) is 5.99. The van der Waals surface area contributed by atoms with Crippen molar-refractivity contribution in [3.8, 4) is 16.9 Å². The first-order valence-electron chi connectivity index (χ1n) is 10.5. The third kappa shape index (κ3) is 3.76. The highest BCUT2D eigenvalue weighted by molar-refractivity contribution is 9.10. The number of hydrogen-bond acceptors (Lipinski definition) is 5. The molecule has 0 N–H and O–H groups in total. The summed E-state index contributed by atoms with van der Waals surface area (Å²) in [6.45, 7) is 4.24. The summed E-state index contributed by atoms with van der Waals surface area (Å²) in [4.78, 5) is 25.9. The van der Waals surface area contributed by atoms with Crippen LogP contribution in [0.25, 0.3) is 33.1 Å². The van der Waals surface area contributed by atoms with Gasteiger partial charge in [0.15, 0.2) is 5.76 Å². The second-order valence-corrected chi connectivity index (χ2v) is 8.59. The number of fused-ring (bicyclic) bond motifs is 3. The van der Waals surface area contributed by atoms with Crippen molar-refractivity contribution in [2.45, 2.75) is 13.8 Å². The van der Waals surface area contributed by atoms with Crippen LogP contribution in [-0.4, -0.2) is 12.4 Å². The van der Waals surface area contributed by atoms with Crippen LogP contribution in [0.3, 0.4) is 0 Å². The summed E-state index contributed by atoms with van der Waals surface area (Å²) < 4.78 is 18.2. The molecule has 0 saturated carbocycles. The molecular formula is C27H19BrO5. The quantitative estimate of drug-likeness (QED) is 0.193. The molecule has 0 unspecified atom stereocenters. The fourth-order valence-corrected chi connectivity index (χ4v) is 4.47. The summed E-state index contributed by atoms with van der Waals surface area (Å²) in [5.41, 5.74) is 3.00. The van der Waals surface area contributed by atoms with Crippen molar-refractivity contribution >= 4 is 43.7 Å². The molecule has 164 valence electrons. The highest BCUT2D eigenvalue weighted by atomic mass is 79.9. The van der Waals surface area contributed by atoms with Crippen LogP contribution in [0.1, 0.15) is 28.6 Å². The Bertz CT molecular complexity index is 1590. The highest BCUT2D eigenvalue weighted by Gasteiger charge is 2.26. The molecule has 0 atom stereocenters. The van der Waals surface area contributed by atoms with E-state index in [1.165, 1.54) is 6.07 Å². The van der Waals surface area contributed by atoms with Crippen molar-refractivity contribution in [1.82, 2.24) is 0 Å². The summed E-state index contributed by atoms with van der Waals surface area (Å²) in [7, 11) is 0. The molecule has 0 amide bonds. The highest BCUT2D eigenvalue weighted by Crippen LogP contribution is 2.41. The van der Waals surface area contributed by atoms with E-state index in [-0.39, 0.29) is 11.5 Å². The molecule has 5 aromatic rings. The summed E-state index contributed by atoms with van der Waals surface area (Å²) in [5.74, 6) is 0.495. The molecule has 0 aliphatic carbocycles. The Labute approximate surface area is 197 Å². The Morgan fingerprint density at radius 3 is 2.61 bits per heavy atom. The van der Waals surface area contributed by atoms with E-state index in [4.69, 9.17) is 13.6 Å². The minimum Gasteiger partial charge on any atom is -0.494 e. The van der Waals surface area contributed by atoms with Gasteiger partial charge in [0, 0.05) is 27.1 Å². The van der Waals surface area contributed by atoms with Crippen LogP contribution in [0.5, 0.6) is 5.75 Å². The molecule has 0 aliphatic rings. The number of furan rings is 1. The first kappa shape index (κ1) is 21.2. The second-order valence-electron chi connectivity index (χ2n) is 7.67. The first-order chi connectivity index (χ1) is 16.0. The molecule has 2 heterocycles. The summed E-state index contributed by atoms with van der Waals surface area (Å²) in [5, 5.41) is 1.38. The van der Waals surface area contributed by atoms with Gasteiger partial charge in [-0.15, -0.1) is 0 Å². The monoisotopic (exact) mass is 502 g/mol. The number of hydrogen-bond donors (Lipinski definition) is 0. The molecule has 6 heteroatoms. The second kappa shape index (κ2) is 8.37. The molecular weight excluding hydrogens is 484 g/mol. The van der Waals surface area contributed by atoms with Crippen LogP contribution >= 0.6 is 15.9 Å². The molecule has 0 fully saturated rings. The van der Waals surface area contributed by atoms with E-state index >= 15 is 0 Å². The maximum absolute atomic E-state index is 13.7. The fraction of sp³-hybridized carbons (Fsp3) is 0.111. The van der Waals surface area contributed by atoms with Gasteiger partial charge in [-0.25, -0.2) is 4.79 Å². The Kier molecular flexibility index (Phi) is 5.38. The number of halogens is 1. The zero-order valence-corrected chi connectivity index (χ0v) is 19.6. The molecule has 2 aromatic heterocycles. The van der Waals surface area contributed by atoms with Crippen LogP contribution in [0.4, 0.5) is 0 Å². The molecule has 5 nitrogen and oxygen atoms in total. The molecule has 5 rings (SSSR count). The van der Waals surface area contributed by atoms with Crippen LogP contribution in [-0.2, 0) is 0 Å². The van der Waals surface area contributed by atoms with Crippen molar-refractivity contribution in [2.75, 3.05) is 6.61 Å². The number of benzene rings is 3. The first-order valence-corrected chi connectivity index (χ1v) is 11.3. The van der Waals surface area contributed by atoms with Crippen molar-refractivity contribution in [3.63, 3.8) is 0 Å². The van der Waals surface area contributed by atoms with E-state index in [2.05, 4.69) is 15.9 Å². The van der Waals surface area contributed by atoms with Crippen LogP contribution in [0, 0.1) is 6.92 Å². The van der Waals surface area contributed by atoms with Crippen LogP contribution < -0.4 is 10.4 Å². The smallest absolute Gasteiger partial charge is 0.336 e. The lowest BCUT2D eigenvalue weighted by molar-refractivity contribution is 0.101. The normalized spacial score (nSPS) is 11.2. The van der Waals surface area contributed by atoms with E-state index in [9.17, 15) is 9.59 Å². The third-order valence-electron chi connectivity index (χ3n) is 5.50. The Morgan fingerprint density at radius 1 is 1.00 bits per heavy atom. The van der Waals surface area contributed by atoms with Crippen molar-refractivity contribution in [3.05, 3.63) is 98.5 Å². The number of rotatable bonds is 5. The molecule has 33 heavy (non-hydrogen) atoms. The van der Waals surface area contributed by atoms with Crippen molar-refractivity contribution in [2.24, 2.45) is 0 Å². The lowest BCUT2D eigenvalue weighted by Crippen LogP contribution is -2.03. The number of carbonyl (C=O) groups is 1. The van der Waals surface area contributed by atoms with Gasteiger partial charge in [-0.2, -0.15) is 0 Å². The molecule has 0 radical (unpaired) electrons. The van der Waals surface area contributed by atoms with E-state index in [0.29, 0.717) is 40.0 Å². The fourth-order valence-electron chi connectivity index (χ4n) is 4.07. The SMILES string of the molecule is CCOc1cccc(C(=O)c2oc3ccc4c(C)cc(=O)oc4c3c2-c2cccc(Br)c2)c1. The van der Waals surface area contributed by atoms with E-state index < -0.39 is 5.63 Å². The molecule has 0 aliphatic heterocycles. The molecule has 0 bridgehead atoms. The number of aryl methyl sites for hydroxylation is 1. The van der Waals surface area contributed by atoms with E-state index in [1.54, 1.807) is 30.3 Å². The van der Waals surface area contributed by atoms with Gasteiger partial charge in [0.2, 0.25) is 5.78 Å². The number of ketones is 1. The number of carbonyl (C=O) groups excluding carboxylic acids is 1. The van der Waals surface area contributed by atoms with Gasteiger partial charge in [-0.3, -0.25) is 4.79 Å². The predicted octanol–water partition coefficient (Wildman–Crippen LogP) is 6.91. The van der Waals surface area contributed by atoms with Crippen LogP contribution in [0.2, 0.25) is 0 Å². The van der Waals surface area contributed by atoms with Crippen molar-refractivity contribution < 1.29 is 18.4 Å². The lowest BCUT2D eigenvalue weighted by Gasteiger charge is -2.07. The van der Waals surface area contributed by atoms with E-state index in [0.717, 1.165) is 21.0 Å². The average Bonchev–Trinajstić information content (AvgIpc) is 3.19. The molecule has 3 aromatic carbocycles. The summed E-state index contributed by atoms with van der Waals surface area (Å²) in [6, 6.07) is 19.7. The van der Waals surface area contributed by atoms with Gasteiger partial charge < -0.3 is 13.6 Å². The zero-order chi connectivity index (χ0) is 23.1. The summed E-state index contributed by atoms with van der Waals surface area (Å²) in [6.07, 6.45) is 0. The van der Waals surface area contributed by atoms with Gasteiger partial charge in [0.25, 0.3) is 0 Å². The predicted molar refractivity (Wildman–Crippen MR) is 131 cm³/mol. The van der Waals surface area contributed by atoms with Gasteiger partial charge in [-0.05, 0) is 61.4 Å². The largest absolute Gasteiger partial charge is 0.494 e. The van der Waals surface area contributed by atoms with E-state index in [1.807, 2.05) is 44.2 Å². The molecule has 0 saturated heterocycles. The standard InChI is InChI=1S/C27H19BrO5/c1-3-31-19-9-5-7-17(14-19)25(30)27-23(16-6-4-8-18(28)13-16)24-21(32-27)11-10-20-15(2)12-22(29)33-26(20)24/h4-14H,3H2,1-2H3. The topological polar surface area (TPSA) is 69.7 Å².